The lowest BCUT2D eigenvalue weighted by atomic mass is 10.2. The summed E-state index contributed by atoms with van der Waals surface area (Å²) in [6.45, 7) is 0. The average molecular weight is 364 g/mol. The lowest BCUT2D eigenvalue weighted by molar-refractivity contribution is -0.136. The standard InChI is InChI=1S/C15H11BrFN3O2/c16-13-4-2-1-3-10(13)9-18-20-15(22)14(21)19-12-7-5-11(17)6-8-12/h1-9H,(H,19,21)(H,20,22). The Hall–Kier alpha value is -2.54. The van der Waals surface area contributed by atoms with E-state index in [-0.39, 0.29) is 0 Å². The Morgan fingerprint density at radius 1 is 1.05 bits per heavy atom. The van der Waals surface area contributed by atoms with Crippen LogP contribution in [0.1, 0.15) is 5.56 Å². The van der Waals surface area contributed by atoms with Gasteiger partial charge >= 0.3 is 11.8 Å². The number of hydrazone groups is 1. The normalized spacial score (nSPS) is 10.5. The Morgan fingerprint density at radius 3 is 2.41 bits per heavy atom. The van der Waals surface area contributed by atoms with Crippen molar-refractivity contribution in [2.24, 2.45) is 5.10 Å². The van der Waals surface area contributed by atoms with Gasteiger partial charge in [0.2, 0.25) is 0 Å². The highest BCUT2D eigenvalue weighted by Gasteiger charge is 2.12. The van der Waals surface area contributed by atoms with Crippen molar-refractivity contribution in [2.75, 3.05) is 5.32 Å². The minimum absolute atomic E-state index is 0.316. The zero-order chi connectivity index (χ0) is 15.9. The molecule has 0 aliphatic heterocycles. The highest BCUT2D eigenvalue weighted by molar-refractivity contribution is 9.10. The van der Waals surface area contributed by atoms with Crippen molar-refractivity contribution in [3.63, 3.8) is 0 Å². The molecule has 0 atom stereocenters. The number of anilines is 1. The van der Waals surface area contributed by atoms with Crippen LogP contribution < -0.4 is 10.7 Å². The van der Waals surface area contributed by atoms with Crippen LogP contribution in [-0.4, -0.2) is 18.0 Å². The van der Waals surface area contributed by atoms with E-state index in [1.807, 2.05) is 18.2 Å². The Bertz CT molecular complexity index is 717. The molecule has 0 aromatic heterocycles. The summed E-state index contributed by atoms with van der Waals surface area (Å²) in [6.07, 6.45) is 1.41. The highest BCUT2D eigenvalue weighted by atomic mass is 79.9. The van der Waals surface area contributed by atoms with Crippen molar-refractivity contribution < 1.29 is 14.0 Å². The molecule has 0 saturated heterocycles. The van der Waals surface area contributed by atoms with Gasteiger partial charge in [-0.1, -0.05) is 34.1 Å². The van der Waals surface area contributed by atoms with E-state index in [0.717, 1.165) is 10.0 Å². The third kappa shape index (κ3) is 4.49. The number of nitrogens with one attached hydrogen (secondary N) is 2. The third-order valence-corrected chi connectivity index (χ3v) is 3.31. The Kier molecular flexibility index (Phi) is 5.37. The third-order valence-electron chi connectivity index (χ3n) is 2.58. The van der Waals surface area contributed by atoms with Gasteiger partial charge in [0.1, 0.15) is 5.82 Å². The molecule has 7 heteroatoms. The van der Waals surface area contributed by atoms with Crippen LogP contribution in [0.15, 0.2) is 58.1 Å². The molecule has 22 heavy (non-hydrogen) atoms. The molecule has 0 saturated carbocycles. The number of hydrogen-bond acceptors (Lipinski definition) is 3. The second-order valence-corrected chi connectivity index (χ2v) is 5.04. The van der Waals surface area contributed by atoms with Gasteiger partial charge in [0.25, 0.3) is 0 Å². The van der Waals surface area contributed by atoms with E-state index in [1.165, 1.54) is 30.5 Å². The highest BCUT2D eigenvalue weighted by Crippen LogP contribution is 2.13. The van der Waals surface area contributed by atoms with Crippen molar-refractivity contribution in [1.29, 1.82) is 0 Å². The number of benzene rings is 2. The summed E-state index contributed by atoms with van der Waals surface area (Å²) in [5.74, 6) is -2.25. The molecule has 0 heterocycles. The molecule has 2 N–H and O–H groups in total. The van der Waals surface area contributed by atoms with Gasteiger partial charge in [0.15, 0.2) is 0 Å². The van der Waals surface area contributed by atoms with Crippen molar-refractivity contribution >= 4 is 39.6 Å². The van der Waals surface area contributed by atoms with Crippen LogP contribution in [0, 0.1) is 5.82 Å². The van der Waals surface area contributed by atoms with Crippen LogP contribution in [0.5, 0.6) is 0 Å². The number of nitrogens with zero attached hydrogens (tertiary/aromatic N) is 1. The van der Waals surface area contributed by atoms with Gasteiger partial charge in [-0.3, -0.25) is 9.59 Å². The summed E-state index contributed by atoms with van der Waals surface area (Å²) in [4.78, 5) is 23.2. The number of amides is 2. The summed E-state index contributed by atoms with van der Waals surface area (Å²) < 4.78 is 13.5. The van der Waals surface area contributed by atoms with Crippen LogP contribution in [0.4, 0.5) is 10.1 Å². The summed E-state index contributed by atoms with van der Waals surface area (Å²) in [5.41, 5.74) is 3.18. The Balaban J connectivity index is 1.90. The maximum absolute atomic E-state index is 12.7. The van der Waals surface area contributed by atoms with Crippen molar-refractivity contribution in [3.05, 3.63) is 64.4 Å². The van der Waals surface area contributed by atoms with Crippen LogP contribution in [0.2, 0.25) is 0 Å². The summed E-state index contributed by atoms with van der Waals surface area (Å²) in [5, 5.41) is 6.03. The van der Waals surface area contributed by atoms with E-state index in [9.17, 15) is 14.0 Å². The second kappa shape index (κ2) is 7.46. The molecule has 112 valence electrons. The average Bonchev–Trinajstić information content (AvgIpc) is 2.51. The zero-order valence-corrected chi connectivity index (χ0v) is 12.8. The number of halogens is 2. The number of rotatable bonds is 3. The molecule has 0 radical (unpaired) electrons. The van der Waals surface area contributed by atoms with Crippen molar-refractivity contribution in [3.8, 4) is 0 Å². The first-order chi connectivity index (χ1) is 10.6. The van der Waals surface area contributed by atoms with E-state index >= 15 is 0 Å². The fraction of sp³-hybridized carbons (Fsp3) is 0. The summed E-state index contributed by atoms with van der Waals surface area (Å²) in [6, 6.07) is 12.3. The molecule has 2 amide bonds. The zero-order valence-electron chi connectivity index (χ0n) is 11.2. The molecule has 0 aliphatic rings. The van der Waals surface area contributed by atoms with Crippen LogP contribution >= 0.6 is 15.9 Å². The lowest BCUT2D eigenvalue weighted by Crippen LogP contribution is -2.32. The molecular weight excluding hydrogens is 353 g/mol. The monoisotopic (exact) mass is 363 g/mol. The molecule has 5 nitrogen and oxygen atoms in total. The lowest BCUT2D eigenvalue weighted by Gasteiger charge is -2.03. The first kappa shape index (κ1) is 15.8. The Labute approximate surface area is 134 Å². The maximum Gasteiger partial charge on any atom is 0.329 e. The first-order valence-corrected chi connectivity index (χ1v) is 7.00. The molecule has 0 spiro atoms. The predicted octanol–water partition coefficient (Wildman–Crippen LogP) is 2.68. The maximum atomic E-state index is 12.7. The number of carbonyl (C=O) groups is 2. The second-order valence-electron chi connectivity index (χ2n) is 4.18. The number of carbonyl (C=O) groups excluding carboxylic acids is 2. The Morgan fingerprint density at radius 2 is 1.73 bits per heavy atom. The van der Waals surface area contributed by atoms with Gasteiger partial charge in [-0.25, -0.2) is 9.82 Å². The van der Waals surface area contributed by atoms with Gasteiger partial charge in [-0.05, 0) is 30.3 Å². The SMILES string of the molecule is O=C(NN=Cc1ccccc1Br)C(=O)Nc1ccc(F)cc1. The molecule has 0 bridgehead atoms. The van der Waals surface area contributed by atoms with Crippen molar-refractivity contribution in [2.45, 2.75) is 0 Å². The minimum atomic E-state index is -0.923. The first-order valence-electron chi connectivity index (χ1n) is 6.21. The van der Waals surface area contributed by atoms with Crippen LogP contribution in [0.3, 0.4) is 0 Å². The van der Waals surface area contributed by atoms with E-state index < -0.39 is 17.6 Å². The largest absolute Gasteiger partial charge is 0.329 e. The van der Waals surface area contributed by atoms with E-state index in [0.29, 0.717) is 5.69 Å². The molecule has 0 fully saturated rings. The van der Waals surface area contributed by atoms with Gasteiger partial charge in [-0.2, -0.15) is 5.10 Å². The smallest absolute Gasteiger partial charge is 0.318 e. The minimum Gasteiger partial charge on any atom is -0.318 e. The van der Waals surface area contributed by atoms with E-state index in [2.05, 4.69) is 31.8 Å². The molecule has 0 aliphatic carbocycles. The fourth-order valence-electron chi connectivity index (χ4n) is 1.51. The fourth-order valence-corrected chi connectivity index (χ4v) is 1.90. The number of hydrogen-bond donors (Lipinski definition) is 2. The summed E-state index contributed by atoms with van der Waals surface area (Å²) >= 11 is 3.33. The quantitative estimate of drug-likeness (QED) is 0.500. The van der Waals surface area contributed by atoms with E-state index in [1.54, 1.807) is 6.07 Å². The molecule has 2 rings (SSSR count). The van der Waals surface area contributed by atoms with Crippen molar-refractivity contribution in [1.82, 2.24) is 5.43 Å². The van der Waals surface area contributed by atoms with Gasteiger partial charge < -0.3 is 5.32 Å². The molecule has 2 aromatic carbocycles. The van der Waals surface area contributed by atoms with Crippen LogP contribution in [0.25, 0.3) is 0 Å². The van der Waals surface area contributed by atoms with Gasteiger partial charge in [-0.15, -0.1) is 0 Å². The topological polar surface area (TPSA) is 70.6 Å². The van der Waals surface area contributed by atoms with Gasteiger partial charge in [0.05, 0.1) is 6.21 Å². The van der Waals surface area contributed by atoms with E-state index in [4.69, 9.17) is 0 Å². The van der Waals surface area contributed by atoms with Gasteiger partial charge in [0, 0.05) is 15.7 Å². The molecule has 0 unspecified atom stereocenters. The predicted molar refractivity (Wildman–Crippen MR) is 84.9 cm³/mol. The molecule has 2 aromatic rings. The van der Waals surface area contributed by atoms with Crippen LogP contribution in [-0.2, 0) is 9.59 Å². The molecular formula is C15H11BrFN3O2. The summed E-state index contributed by atoms with van der Waals surface area (Å²) in [7, 11) is 0.